The van der Waals surface area contributed by atoms with Crippen LogP contribution in [0.25, 0.3) is 0 Å². The Kier molecular flexibility index (Phi) is 12.0. The van der Waals surface area contributed by atoms with Crippen molar-refractivity contribution in [1.82, 2.24) is 26.2 Å². The van der Waals surface area contributed by atoms with Gasteiger partial charge in [-0.25, -0.2) is 4.79 Å². The van der Waals surface area contributed by atoms with Crippen LogP contribution in [0.15, 0.2) is 48.1 Å². The van der Waals surface area contributed by atoms with Crippen LogP contribution in [-0.4, -0.2) is 84.5 Å². The van der Waals surface area contributed by atoms with E-state index in [-0.39, 0.29) is 36.1 Å². The molecule has 1 heterocycles. The highest BCUT2D eigenvalue weighted by Crippen LogP contribution is 2.65. The summed E-state index contributed by atoms with van der Waals surface area (Å²) in [5.41, 5.74) is 0.409. The van der Waals surface area contributed by atoms with Crippen LogP contribution in [0.1, 0.15) is 67.4 Å². The number of nitrogens with zero attached hydrogens (tertiary/aromatic N) is 2. The van der Waals surface area contributed by atoms with Gasteiger partial charge in [-0.05, 0) is 35.0 Å². The van der Waals surface area contributed by atoms with E-state index in [1.807, 2.05) is 65.0 Å². The fourth-order valence-corrected chi connectivity index (χ4v) is 6.51. The van der Waals surface area contributed by atoms with Gasteiger partial charge in [0.15, 0.2) is 0 Å². The summed E-state index contributed by atoms with van der Waals surface area (Å²) in [5, 5.41) is 15.3. The second kappa shape index (κ2) is 15.1. The number of carbonyl (C=O) groups is 5. The maximum atomic E-state index is 14.3. The molecule has 0 radical (unpaired) electrons. The summed E-state index contributed by atoms with van der Waals surface area (Å²) in [6.45, 7) is 19.2. The Morgan fingerprint density at radius 2 is 1.72 bits per heavy atom. The van der Waals surface area contributed by atoms with Gasteiger partial charge in [0.2, 0.25) is 17.6 Å². The van der Waals surface area contributed by atoms with Crippen LogP contribution in [0, 0.1) is 28.6 Å². The number of hydrogen-bond donors (Lipinski definition) is 4. The Balaban J connectivity index is 1.84. The van der Waals surface area contributed by atoms with Gasteiger partial charge in [0.1, 0.15) is 24.9 Å². The van der Waals surface area contributed by atoms with Gasteiger partial charge in [-0.15, -0.1) is 6.58 Å². The third-order valence-electron chi connectivity index (χ3n) is 9.33. The molecule has 2 fully saturated rings. The largest absolute Gasteiger partial charge is 0.399 e. The third kappa shape index (κ3) is 8.39. The molecule has 12 nitrogen and oxygen atoms in total. The second-order valence-electron chi connectivity index (χ2n) is 14.4. The number of fused-ring (bicyclic) bond motifs is 1. The minimum absolute atomic E-state index is 0.0762. The molecular weight excluding hydrogens is 600 g/mol. The molecule has 3 rings (SSSR count). The lowest BCUT2D eigenvalue weighted by molar-refractivity contribution is -0.145. The molecule has 5 amide bonds. The molecule has 0 aromatic heterocycles. The van der Waals surface area contributed by atoms with Gasteiger partial charge in [-0.2, -0.15) is 0 Å². The summed E-state index contributed by atoms with van der Waals surface area (Å²) >= 11 is 0. The molecule has 12 heteroatoms. The molecule has 4 N–H and O–H groups in total. The number of piperidine rings is 1. The molecule has 1 saturated carbocycles. The van der Waals surface area contributed by atoms with Gasteiger partial charge in [-0.3, -0.25) is 19.2 Å². The first-order chi connectivity index (χ1) is 22.0. The topological polar surface area (TPSA) is 158 Å². The number of likely N-dealkylation sites (tertiary alicyclic amines) is 1. The molecular formula is C35H52N6O6. The SMILES string of the molecule is C=CCNC(=O)C(=O)C(CC)NC(=O)[C@@H]1[C@@H]2[C@H](CN1C(=O)[C@@H](NC(=O)N[C@H](/C(=N/OC)c1ccccc1)C(C)C)C(C)(C)C)C2(C)C. The maximum absolute atomic E-state index is 14.3. The number of benzene rings is 1. The Hall–Kier alpha value is -4.22. The zero-order chi connectivity index (χ0) is 35.3. The zero-order valence-corrected chi connectivity index (χ0v) is 29.2. The van der Waals surface area contributed by atoms with E-state index >= 15 is 0 Å². The van der Waals surface area contributed by atoms with Gasteiger partial charge in [0.05, 0.1) is 12.1 Å². The van der Waals surface area contributed by atoms with E-state index in [9.17, 15) is 24.0 Å². The summed E-state index contributed by atoms with van der Waals surface area (Å²) in [6.07, 6.45) is 1.66. The van der Waals surface area contributed by atoms with Crippen molar-refractivity contribution in [2.75, 3.05) is 20.2 Å². The van der Waals surface area contributed by atoms with Crippen molar-refractivity contribution >= 4 is 35.2 Å². The molecule has 0 spiro atoms. The number of hydrogen-bond acceptors (Lipinski definition) is 7. The van der Waals surface area contributed by atoms with Crippen molar-refractivity contribution in [3.05, 3.63) is 48.6 Å². The van der Waals surface area contributed by atoms with E-state index in [0.717, 1.165) is 5.56 Å². The Labute approximate surface area is 278 Å². The van der Waals surface area contributed by atoms with Crippen LogP contribution >= 0.6 is 0 Å². The lowest BCUT2D eigenvalue weighted by Gasteiger charge is -2.38. The molecule has 1 aromatic carbocycles. The number of rotatable bonds is 14. The van der Waals surface area contributed by atoms with E-state index < -0.39 is 59.1 Å². The van der Waals surface area contributed by atoms with Crippen LogP contribution in [0.5, 0.6) is 0 Å². The lowest BCUT2D eigenvalue weighted by atomic mass is 9.85. The van der Waals surface area contributed by atoms with Crippen LogP contribution in [-0.2, 0) is 24.0 Å². The molecule has 1 aromatic rings. The molecule has 1 aliphatic carbocycles. The molecule has 1 unspecified atom stereocenters. The maximum Gasteiger partial charge on any atom is 0.316 e. The second-order valence-corrected chi connectivity index (χ2v) is 14.4. The predicted octanol–water partition coefficient (Wildman–Crippen LogP) is 3.02. The average molecular weight is 653 g/mol. The molecule has 258 valence electrons. The Bertz CT molecular complexity index is 1370. The number of oxime groups is 1. The molecule has 2 aliphatic rings. The first-order valence-corrected chi connectivity index (χ1v) is 16.3. The predicted molar refractivity (Wildman–Crippen MR) is 180 cm³/mol. The van der Waals surface area contributed by atoms with Crippen molar-refractivity contribution in [1.29, 1.82) is 0 Å². The number of carbonyl (C=O) groups excluding carboxylic acids is 5. The van der Waals surface area contributed by atoms with E-state index in [2.05, 4.69) is 46.8 Å². The molecule has 1 aliphatic heterocycles. The average Bonchev–Trinajstić information content (AvgIpc) is 3.33. The lowest BCUT2D eigenvalue weighted by Crippen LogP contribution is -2.62. The summed E-state index contributed by atoms with van der Waals surface area (Å²) in [7, 11) is 1.44. The van der Waals surface area contributed by atoms with Gasteiger partial charge in [0.25, 0.3) is 5.91 Å². The highest BCUT2D eigenvalue weighted by Gasteiger charge is 2.69. The summed E-state index contributed by atoms with van der Waals surface area (Å²) in [5.74, 6) is -2.59. The third-order valence-corrected chi connectivity index (χ3v) is 9.33. The highest BCUT2D eigenvalue weighted by atomic mass is 16.6. The van der Waals surface area contributed by atoms with Gasteiger partial charge < -0.3 is 31.0 Å². The van der Waals surface area contributed by atoms with E-state index in [4.69, 9.17) is 4.84 Å². The number of urea groups is 1. The normalized spacial score (nSPS) is 21.9. The van der Waals surface area contributed by atoms with E-state index in [0.29, 0.717) is 12.3 Å². The Morgan fingerprint density at radius 3 is 2.26 bits per heavy atom. The van der Waals surface area contributed by atoms with Gasteiger partial charge >= 0.3 is 6.03 Å². The van der Waals surface area contributed by atoms with Crippen molar-refractivity contribution < 1.29 is 28.8 Å². The fourth-order valence-electron chi connectivity index (χ4n) is 6.51. The number of nitrogens with one attached hydrogen (secondary N) is 4. The molecule has 6 atom stereocenters. The molecule has 0 bridgehead atoms. The van der Waals surface area contributed by atoms with Crippen molar-refractivity contribution in [3.63, 3.8) is 0 Å². The van der Waals surface area contributed by atoms with Crippen molar-refractivity contribution in [3.8, 4) is 0 Å². The van der Waals surface area contributed by atoms with E-state index in [1.165, 1.54) is 18.1 Å². The number of amides is 5. The van der Waals surface area contributed by atoms with Crippen molar-refractivity contribution in [2.24, 2.45) is 33.7 Å². The zero-order valence-electron chi connectivity index (χ0n) is 29.2. The minimum atomic E-state index is -1.05. The van der Waals surface area contributed by atoms with Gasteiger partial charge in [0, 0.05) is 18.7 Å². The molecule has 1 saturated heterocycles. The first kappa shape index (κ1) is 37.2. The molecule has 47 heavy (non-hydrogen) atoms. The number of Topliss-reactive ketones (excluding diaryl/α,β-unsaturated/α-hetero) is 1. The van der Waals surface area contributed by atoms with Crippen LogP contribution < -0.4 is 21.3 Å². The standard InChI is InChI=1S/C35H52N6O6/c1-11-18-36-31(44)28(42)23(12-2)37-30(43)27-24-22(35(24,8)9)19-41(27)32(45)29(34(5,6)7)39-33(46)38-25(20(3)4)26(40-47-10)21-16-14-13-15-17-21/h11,13-17,20,22-25,27,29H,1,12,18-19H2,2-10H3,(H,36,44)(H,37,43)(H2,38,39,46)/b40-26+/t22-,23?,24-,25-,27-,29+/m0/s1. The highest BCUT2D eigenvalue weighted by molar-refractivity contribution is 6.38. The minimum Gasteiger partial charge on any atom is -0.399 e. The summed E-state index contributed by atoms with van der Waals surface area (Å²) in [6, 6.07) is 5.38. The fraction of sp³-hybridized carbons (Fsp3) is 0.600. The summed E-state index contributed by atoms with van der Waals surface area (Å²) in [4.78, 5) is 73.6. The quantitative estimate of drug-likeness (QED) is 0.105. The van der Waals surface area contributed by atoms with Crippen LogP contribution in [0.3, 0.4) is 0 Å². The van der Waals surface area contributed by atoms with Gasteiger partial charge in [-0.1, -0.05) is 97.0 Å². The summed E-state index contributed by atoms with van der Waals surface area (Å²) < 4.78 is 0. The Morgan fingerprint density at radius 1 is 1.09 bits per heavy atom. The monoisotopic (exact) mass is 652 g/mol. The van der Waals surface area contributed by atoms with Crippen LogP contribution in [0.2, 0.25) is 0 Å². The van der Waals surface area contributed by atoms with E-state index in [1.54, 1.807) is 6.92 Å². The first-order valence-electron chi connectivity index (χ1n) is 16.3. The van der Waals surface area contributed by atoms with Crippen LogP contribution in [0.4, 0.5) is 4.79 Å². The van der Waals surface area contributed by atoms with Crippen molar-refractivity contribution in [2.45, 2.75) is 86.0 Å². The smallest absolute Gasteiger partial charge is 0.316 e. The number of ketones is 1.